The van der Waals surface area contributed by atoms with Gasteiger partial charge in [0.2, 0.25) is 0 Å². The molecule has 1 rings (SSSR count). The quantitative estimate of drug-likeness (QED) is 0.305. The molecule has 9 nitrogen and oxygen atoms in total. The van der Waals surface area contributed by atoms with Crippen LogP contribution in [0.4, 0.5) is 0 Å². The molecule has 0 heterocycles. The lowest BCUT2D eigenvalue weighted by Crippen LogP contribution is -1.69. The zero-order chi connectivity index (χ0) is 36.4. The minimum atomic E-state index is 0.167. The summed E-state index contributed by atoms with van der Waals surface area (Å²) in [5, 5.41) is 0. The van der Waals surface area contributed by atoms with Gasteiger partial charge in [-0.25, -0.2) is 0 Å². The van der Waals surface area contributed by atoms with Gasteiger partial charge >= 0.3 is 0 Å². The second kappa shape index (κ2) is 57.2. The van der Waals surface area contributed by atoms with Gasteiger partial charge in [-0.15, -0.1) is 0 Å². The van der Waals surface area contributed by atoms with Crippen molar-refractivity contribution in [1.82, 2.24) is 0 Å². The van der Waals surface area contributed by atoms with Gasteiger partial charge in [0.15, 0.2) is 0 Å². The molecule has 0 spiro atoms. The summed E-state index contributed by atoms with van der Waals surface area (Å²) >= 11 is 0. The third-order valence-electron chi connectivity index (χ3n) is 0.667. The third-order valence-corrected chi connectivity index (χ3v) is 0.667. The molecule has 9 heteroatoms. The number of hydrogen-bond acceptors (Lipinski definition) is 9. The van der Waals surface area contributed by atoms with Gasteiger partial charge in [0.05, 0.1) is 0 Å². The summed E-state index contributed by atoms with van der Waals surface area (Å²) < 4.78 is 0. The highest BCUT2D eigenvalue weighted by Gasteiger charge is 1.65. The average molecular weight is 601 g/mol. The van der Waals surface area contributed by atoms with Gasteiger partial charge in [-0.3, -0.25) is 0 Å². The number of rotatable bonds is 0. The molecule has 0 N–H and O–H groups in total. The SMILES string of the molecule is CC(C)=O.CC(C)=O.CC(C)=O.CC(C)=O.CC(C)=O.CC(C)=O.CC(C)=O.CC(C)=O.CC(C)=O.c1ccccc1. The van der Waals surface area contributed by atoms with Crippen LogP contribution in [-0.2, 0) is 43.2 Å². The number of carbonyl (C=O) groups excluding carboxylic acids is 9. The van der Waals surface area contributed by atoms with Crippen LogP contribution < -0.4 is 0 Å². The van der Waals surface area contributed by atoms with Crippen molar-refractivity contribution in [2.45, 2.75) is 125 Å². The smallest absolute Gasteiger partial charge is 0.126 e. The van der Waals surface area contributed by atoms with Crippen molar-refractivity contribution in [2.24, 2.45) is 0 Å². The first-order valence-corrected chi connectivity index (χ1v) is 12.8. The minimum Gasteiger partial charge on any atom is -0.300 e. The molecule has 0 aliphatic heterocycles. The molecule has 0 atom stereocenters. The number of Topliss-reactive ketones (excluding diaryl/α,β-unsaturated/α-hetero) is 9. The van der Waals surface area contributed by atoms with Gasteiger partial charge < -0.3 is 43.2 Å². The number of benzene rings is 1. The molecular weight excluding hydrogens is 540 g/mol. The van der Waals surface area contributed by atoms with E-state index in [2.05, 4.69) is 0 Å². The molecule has 0 aliphatic rings. The molecule has 246 valence electrons. The zero-order valence-electron chi connectivity index (χ0n) is 29.6. The fraction of sp³-hybridized carbons (Fsp3) is 0.545. The van der Waals surface area contributed by atoms with Crippen LogP contribution in [0.2, 0.25) is 0 Å². The Morgan fingerprint density at radius 3 is 0.238 bits per heavy atom. The Hall–Kier alpha value is -3.75. The molecule has 0 aliphatic carbocycles. The molecule has 42 heavy (non-hydrogen) atoms. The summed E-state index contributed by atoms with van der Waals surface area (Å²) in [5.74, 6) is 1.50. The number of hydrogen-bond donors (Lipinski definition) is 0. The fourth-order valence-electron chi connectivity index (χ4n) is 0.385. The van der Waals surface area contributed by atoms with Crippen LogP contribution in [0.15, 0.2) is 36.4 Å². The van der Waals surface area contributed by atoms with Crippen LogP contribution in [0.1, 0.15) is 125 Å². The van der Waals surface area contributed by atoms with E-state index in [0.29, 0.717) is 0 Å². The lowest BCUT2D eigenvalue weighted by Gasteiger charge is -1.69. The van der Waals surface area contributed by atoms with Gasteiger partial charge in [0, 0.05) is 0 Å². The van der Waals surface area contributed by atoms with Crippen molar-refractivity contribution in [3.8, 4) is 0 Å². The molecule has 1 aromatic carbocycles. The summed E-state index contributed by atoms with van der Waals surface area (Å²) in [6.07, 6.45) is 0. The van der Waals surface area contributed by atoms with Crippen LogP contribution in [0, 0.1) is 0 Å². The maximum Gasteiger partial charge on any atom is 0.126 e. The van der Waals surface area contributed by atoms with E-state index in [0.717, 1.165) is 0 Å². The second-order valence-electron chi connectivity index (χ2n) is 9.33. The van der Waals surface area contributed by atoms with E-state index in [4.69, 9.17) is 0 Å². The molecular formula is C33H60O9. The predicted octanol–water partition coefficient (Wildman–Crippen LogP) is 7.04. The Kier molecular flexibility index (Phi) is 84.5. The average Bonchev–Trinajstić information content (AvgIpc) is 2.65. The zero-order valence-corrected chi connectivity index (χ0v) is 29.6. The molecule has 0 bridgehead atoms. The van der Waals surface area contributed by atoms with Crippen LogP contribution in [-0.4, -0.2) is 52.0 Å². The Bertz CT molecular complexity index is 589. The molecule has 0 fully saturated rings. The molecule has 0 radical (unpaired) electrons. The Balaban J connectivity index is -0.0000000414. The molecule has 0 saturated carbocycles. The van der Waals surface area contributed by atoms with Gasteiger partial charge in [-0.2, -0.15) is 0 Å². The fourth-order valence-corrected chi connectivity index (χ4v) is 0.385. The third kappa shape index (κ3) is 8900. The van der Waals surface area contributed by atoms with E-state index < -0.39 is 0 Å². The maximum absolute atomic E-state index is 9.44. The standard InChI is InChI=1S/C6H6.9C3H6O/c1-2-4-6-5-3-1;9*1-3(2)4/h1-6H;9*1-2H3. The van der Waals surface area contributed by atoms with Gasteiger partial charge in [-0.1, -0.05) is 36.4 Å². The summed E-state index contributed by atoms with van der Waals surface area (Å²) in [7, 11) is 0. The number of ketones is 9. The summed E-state index contributed by atoms with van der Waals surface area (Å²) in [4.78, 5) is 85.0. The predicted molar refractivity (Wildman–Crippen MR) is 174 cm³/mol. The monoisotopic (exact) mass is 600 g/mol. The topological polar surface area (TPSA) is 154 Å². The van der Waals surface area contributed by atoms with Crippen molar-refractivity contribution in [1.29, 1.82) is 0 Å². The molecule has 0 amide bonds. The van der Waals surface area contributed by atoms with E-state index in [1.54, 1.807) is 0 Å². The first kappa shape index (κ1) is 62.0. The van der Waals surface area contributed by atoms with Crippen LogP contribution >= 0.6 is 0 Å². The van der Waals surface area contributed by atoms with E-state index >= 15 is 0 Å². The second-order valence-corrected chi connectivity index (χ2v) is 9.33. The molecule has 0 aromatic heterocycles. The lowest BCUT2D eigenvalue weighted by atomic mass is 10.4. The van der Waals surface area contributed by atoms with Crippen molar-refractivity contribution in [3.05, 3.63) is 36.4 Å². The van der Waals surface area contributed by atoms with E-state index in [1.807, 2.05) is 36.4 Å². The highest BCUT2D eigenvalue weighted by Crippen LogP contribution is 1.79. The largest absolute Gasteiger partial charge is 0.300 e. The summed E-state index contributed by atoms with van der Waals surface area (Å²) in [6, 6.07) is 12.0. The summed E-state index contributed by atoms with van der Waals surface area (Å²) in [6.45, 7) is 27.5. The normalized spacial score (nSPS) is 6.71. The van der Waals surface area contributed by atoms with E-state index in [-0.39, 0.29) is 52.0 Å². The van der Waals surface area contributed by atoms with Gasteiger partial charge in [0.1, 0.15) is 52.0 Å². The Morgan fingerprint density at radius 1 is 0.190 bits per heavy atom. The maximum atomic E-state index is 9.44. The number of carbonyl (C=O) groups is 9. The first-order valence-electron chi connectivity index (χ1n) is 12.8. The minimum absolute atomic E-state index is 0.167. The highest BCUT2D eigenvalue weighted by atomic mass is 16.1. The van der Waals surface area contributed by atoms with E-state index in [1.165, 1.54) is 125 Å². The van der Waals surface area contributed by atoms with Crippen LogP contribution in [0.3, 0.4) is 0 Å². The highest BCUT2D eigenvalue weighted by molar-refractivity contribution is 5.74. The van der Waals surface area contributed by atoms with Gasteiger partial charge in [-0.05, 0) is 125 Å². The first-order chi connectivity index (χ1) is 18.6. The Morgan fingerprint density at radius 2 is 0.214 bits per heavy atom. The molecule has 0 unspecified atom stereocenters. The van der Waals surface area contributed by atoms with Gasteiger partial charge in [0.25, 0.3) is 0 Å². The Labute approximate surface area is 256 Å². The van der Waals surface area contributed by atoms with Crippen molar-refractivity contribution >= 4 is 52.0 Å². The lowest BCUT2D eigenvalue weighted by molar-refractivity contribution is -0.115. The summed E-state index contributed by atoms with van der Waals surface area (Å²) in [5.41, 5.74) is 0. The molecule has 1 aromatic rings. The van der Waals surface area contributed by atoms with Crippen LogP contribution in [0.5, 0.6) is 0 Å². The van der Waals surface area contributed by atoms with Crippen LogP contribution in [0.25, 0.3) is 0 Å². The van der Waals surface area contributed by atoms with Crippen molar-refractivity contribution < 1.29 is 43.2 Å². The van der Waals surface area contributed by atoms with Crippen molar-refractivity contribution in [2.75, 3.05) is 0 Å². The van der Waals surface area contributed by atoms with Crippen molar-refractivity contribution in [3.63, 3.8) is 0 Å². The van der Waals surface area contributed by atoms with E-state index in [9.17, 15) is 43.2 Å². The molecule has 0 saturated heterocycles.